The molecule has 4 aliphatic heterocycles. The zero-order valence-electron chi connectivity index (χ0n) is 27.1. The average Bonchev–Trinajstić information content (AvgIpc) is 3.00. The van der Waals surface area contributed by atoms with Crippen molar-refractivity contribution in [2.24, 2.45) is 11.8 Å². The van der Waals surface area contributed by atoms with Crippen LogP contribution < -0.4 is 5.32 Å². The van der Waals surface area contributed by atoms with Gasteiger partial charge >= 0.3 is 6.09 Å². The summed E-state index contributed by atoms with van der Waals surface area (Å²) in [5, 5.41) is 3.32. The molecule has 2 amide bonds. The first-order valence-electron chi connectivity index (χ1n) is 16.9. The van der Waals surface area contributed by atoms with E-state index in [4.69, 9.17) is 4.74 Å². The molecule has 4 aliphatic rings. The Labute approximate surface area is 261 Å². The van der Waals surface area contributed by atoms with Gasteiger partial charge in [0.25, 0.3) is 5.91 Å². The summed E-state index contributed by atoms with van der Waals surface area (Å²) < 4.78 is 34.0. The molecular weight excluding hydrogens is 566 g/mol. The van der Waals surface area contributed by atoms with Gasteiger partial charge in [0.15, 0.2) is 0 Å². The van der Waals surface area contributed by atoms with Crippen molar-refractivity contribution in [2.45, 2.75) is 116 Å². The normalized spacial score (nSPS) is 25.3. The number of nitrogens with one attached hydrogen (secondary N) is 1. The molecule has 5 heterocycles. The highest BCUT2D eigenvalue weighted by atomic mass is 19.3. The quantitative estimate of drug-likeness (QED) is 0.407. The third kappa shape index (κ3) is 6.88. The second kappa shape index (κ2) is 13.9. The summed E-state index contributed by atoms with van der Waals surface area (Å²) in [6, 6.07) is -0.479. The molecule has 11 heteroatoms. The molecule has 0 aromatic carbocycles. The van der Waals surface area contributed by atoms with Crippen molar-refractivity contribution in [2.75, 3.05) is 45.8 Å². The monoisotopic (exact) mass is 618 g/mol. The Morgan fingerprint density at radius 2 is 1.70 bits per heavy atom. The molecule has 4 fully saturated rings. The van der Waals surface area contributed by atoms with Crippen molar-refractivity contribution in [3.8, 4) is 0 Å². The maximum absolute atomic E-state index is 13.8. The van der Waals surface area contributed by atoms with Crippen LogP contribution in [0.2, 0.25) is 0 Å². The van der Waals surface area contributed by atoms with E-state index in [1.807, 2.05) is 18.7 Å². The van der Waals surface area contributed by atoms with Crippen molar-refractivity contribution in [3.05, 3.63) is 23.3 Å². The van der Waals surface area contributed by atoms with Gasteiger partial charge in [-0.2, -0.15) is 0 Å². The van der Waals surface area contributed by atoms with Gasteiger partial charge in [-0.05, 0) is 71.9 Å². The van der Waals surface area contributed by atoms with Crippen LogP contribution in [0.25, 0.3) is 0 Å². The lowest BCUT2D eigenvalue weighted by Gasteiger charge is -2.56. The fourth-order valence-electron chi connectivity index (χ4n) is 8.36. The predicted molar refractivity (Wildman–Crippen MR) is 165 cm³/mol. The Balaban J connectivity index is 1.24. The second-order valence-corrected chi connectivity index (χ2v) is 13.9. The van der Waals surface area contributed by atoms with Gasteiger partial charge in [-0.1, -0.05) is 19.8 Å². The SMILES string of the molecule is CCCCC1CN(C(CC(F)F)C2CCNCC2)C(=O)OC12CCN(C1(C)CCN(C(=O)c3c(C)ncnc3C)CC1)CC2. The number of ether oxygens (including phenoxy) is 1. The third-order valence-electron chi connectivity index (χ3n) is 11.3. The lowest BCUT2D eigenvalue weighted by molar-refractivity contribution is -0.143. The van der Waals surface area contributed by atoms with Gasteiger partial charge in [0, 0.05) is 69.5 Å². The molecule has 5 rings (SSSR count). The van der Waals surface area contributed by atoms with E-state index in [0.717, 1.165) is 84.0 Å². The minimum absolute atomic E-state index is 0.00678. The molecule has 1 aromatic heterocycles. The minimum Gasteiger partial charge on any atom is -0.442 e. The molecule has 0 saturated carbocycles. The molecule has 4 saturated heterocycles. The molecule has 0 aliphatic carbocycles. The topological polar surface area (TPSA) is 90.9 Å². The average molecular weight is 619 g/mol. The highest BCUT2D eigenvalue weighted by Gasteiger charge is 2.53. The maximum atomic E-state index is 13.8. The van der Waals surface area contributed by atoms with Gasteiger partial charge in [-0.15, -0.1) is 0 Å². The van der Waals surface area contributed by atoms with Gasteiger partial charge in [0.2, 0.25) is 6.43 Å². The van der Waals surface area contributed by atoms with E-state index in [1.54, 1.807) is 4.90 Å². The van der Waals surface area contributed by atoms with Crippen LogP contribution in [-0.2, 0) is 4.74 Å². The van der Waals surface area contributed by atoms with E-state index >= 15 is 0 Å². The maximum Gasteiger partial charge on any atom is 0.410 e. The number of hydrogen-bond acceptors (Lipinski definition) is 7. The molecule has 246 valence electrons. The molecule has 2 atom stereocenters. The second-order valence-electron chi connectivity index (χ2n) is 13.9. The van der Waals surface area contributed by atoms with E-state index in [-0.39, 0.29) is 29.7 Å². The summed E-state index contributed by atoms with van der Waals surface area (Å²) in [5.74, 6) is 0.212. The van der Waals surface area contributed by atoms with E-state index in [2.05, 4.69) is 34.0 Å². The predicted octanol–water partition coefficient (Wildman–Crippen LogP) is 5.20. The highest BCUT2D eigenvalue weighted by Crippen LogP contribution is 2.44. The number of aromatic nitrogens is 2. The number of halogens is 2. The van der Waals surface area contributed by atoms with Crippen LogP contribution in [0.15, 0.2) is 6.33 Å². The molecule has 9 nitrogen and oxygen atoms in total. The van der Waals surface area contributed by atoms with Crippen LogP contribution in [0.1, 0.15) is 99.8 Å². The van der Waals surface area contributed by atoms with Crippen molar-refractivity contribution in [1.29, 1.82) is 0 Å². The van der Waals surface area contributed by atoms with Crippen molar-refractivity contribution >= 4 is 12.0 Å². The summed E-state index contributed by atoms with van der Waals surface area (Å²) in [5.41, 5.74) is 1.45. The van der Waals surface area contributed by atoms with E-state index in [0.29, 0.717) is 36.6 Å². The Hall–Kier alpha value is -2.40. The molecule has 1 aromatic rings. The van der Waals surface area contributed by atoms with Gasteiger partial charge in [-0.3, -0.25) is 9.69 Å². The first-order chi connectivity index (χ1) is 21.1. The number of nitrogens with zero attached hydrogens (tertiary/aromatic N) is 5. The number of alkyl halides is 2. The largest absolute Gasteiger partial charge is 0.442 e. The third-order valence-corrected chi connectivity index (χ3v) is 11.3. The summed E-state index contributed by atoms with van der Waals surface area (Å²) in [7, 11) is 0. The van der Waals surface area contributed by atoms with Gasteiger partial charge in [0.05, 0.1) is 17.0 Å². The molecule has 1 spiro atoms. The molecule has 0 bridgehead atoms. The number of likely N-dealkylation sites (tertiary alicyclic amines) is 2. The number of carbonyl (C=O) groups excluding carboxylic acids is 2. The van der Waals surface area contributed by atoms with Crippen LogP contribution in [0.5, 0.6) is 0 Å². The number of piperidine rings is 3. The smallest absolute Gasteiger partial charge is 0.410 e. The molecule has 1 N–H and O–H groups in total. The number of rotatable bonds is 9. The molecular formula is C33H52F2N6O3. The first kappa shape index (κ1) is 33.0. The number of unbranched alkanes of at least 4 members (excludes halogenated alkanes) is 1. The number of carbonyl (C=O) groups is 2. The molecule has 0 radical (unpaired) electrons. The number of hydrogen-bond donors (Lipinski definition) is 1. The summed E-state index contributed by atoms with van der Waals surface area (Å²) in [4.78, 5) is 41.6. The van der Waals surface area contributed by atoms with Gasteiger partial charge in [-0.25, -0.2) is 23.5 Å². The number of aryl methyl sites for hydroxylation is 2. The van der Waals surface area contributed by atoms with E-state index < -0.39 is 24.2 Å². The zero-order chi connectivity index (χ0) is 31.5. The molecule has 2 unspecified atom stereocenters. The van der Waals surface area contributed by atoms with E-state index in [9.17, 15) is 18.4 Å². The fraction of sp³-hybridized carbons (Fsp3) is 0.818. The Bertz CT molecular complexity index is 1130. The summed E-state index contributed by atoms with van der Waals surface area (Å²) in [6.07, 6.45) is 6.24. The minimum atomic E-state index is -2.45. The van der Waals surface area contributed by atoms with Gasteiger partial charge < -0.3 is 19.9 Å². The standard InChI is InChI=1S/C33H52F2N6O3/c1-5-6-7-26-21-41(27(20-28(34)35)25-8-14-36-15-9-25)31(43)44-33(26)12-18-40(19-13-33)32(4)10-16-39(17-11-32)30(42)29-23(2)37-22-38-24(29)3/h22,25-28,36H,5-21H2,1-4H3. The van der Waals surface area contributed by atoms with Crippen LogP contribution in [0, 0.1) is 25.7 Å². The summed E-state index contributed by atoms with van der Waals surface area (Å²) >= 11 is 0. The van der Waals surface area contributed by atoms with E-state index in [1.165, 1.54) is 6.33 Å². The Morgan fingerprint density at radius 1 is 1.07 bits per heavy atom. The lowest BCUT2D eigenvalue weighted by Crippen LogP contribution is -2.65. The van der Waals surface area contributed by atoms with Crippen LogP contribution in [0.4, 0.5) is 13.6 Å². The Morgan fingerprint density at radius 3 is 2.30 bits per heavy atom. The fourth-order valence-corrected chi connectivity index (χ4v) is 8.36. The van der Waals surface area contributed by atoms with Crippen LogP contribution in [0.3, 0.4) is 0 Å². The Kier molecular flexibility index (Phi) is 10.4. The van der Waals surface area contributed by atoms with Crippen LogP contribution >= 0.6 is 0 Å². The molecule has 44 heavy (non-hydrogen) atoms. The van der Waals surface area contributed by atoms with Crippen LogP contribution in [-0.4, -0.2) is 106 Å². The first-order valence-corrected chi connectivity index (χ1v) is 16.9. The lowest BCUT2D eigenvalue weighted by atomic mass is 9.73. The number of amides is 2. The zero-order valence-corrected chi connectivity index (χ0v) is 27.1. The van der Waals surface area contributed by atoms with Crippen molar-refractivity contribution in [3.63, 3.8) is 0 Å². The van der Waals surface area contributed by atoms with Gasteiger partial charge in [0.1, 0.15) is 11.9 Å². The van der Waals surface area contributed by atoms with Crippen molar-refractivity contribution < 1.29 is 23.1 Å². The summed E-state index contributed by atoms with van der Waals surface area (Å²) in [6.45, 7) is 13.3. The van der Waals surface area contributed by atoms with Crippen molar-refractivity contribution in [1.82, 2.24) is 30.0 Å². The highest BCUT2D eigenvalue weighted by molar-refractivity contribution is 5.96.